The summed E-state index contributed by atoms with van der Waals surface area (Å²) < 4.78 is 5.72. The van der Waals surface area contributed by atoms with Crippen molar-refractivity contribution < 1.29 is 4.74 Å². The van der Waals surface area contributed by atoms with Gasteiger partial charge in [-0.3, -0.25) is 0 Å². The molecule has 0 heterocycles. The summed E-state index contributed by atoms with van der Waals surface area (Å²) in [6.07, 6.45) is 3.49. The predicted octanol–water partition coefficient (Wildman–Crippen LogP) is 3.17. The zero-order valence-corrected chi connectivity index (χ0v) is 10.6. The summed E-state index contributed by atoms with van der Waals surface area (Å²) in [5, 5.41) is 4.14. The lowest BCUT2D eigenvalue weighted by Gasteiger charge is -2.46. The number of rotatable bonds is 4. The van der Waals surface area contributed by atoms with Gasteiger partial charge in [0.15, 0.2) is 0 Å². The molecule has 0 aromatic heterocycles. The molecule has 1 unspecified atom stereocenters. The van der Waals surface area contributed by atoms with E-state index in [1.165, 1.54) is 12.0 Å². The van der Waals surface area contributed by atoms with Crippen LogP contribution in [0.2, 0.25) is 5.02 Å². The highest BCUT2D eigenvalue weighted by Gasteiger charge is 2.44. The van der Waals surface area contributed by atoms with E-state index in [-0.39, 0.29) is 11.6 Å². The molecule has 0 aliphatic heterocycles. The molecule has 1 aliphatic rings. The molecule has 1 saturated carbocycles. The van der Waals surface area contributed by atoms with Crippen LogP contribution in [0.5, 0.6) is 0 Å². The maximum Gasteiger partial charge on any atom is 0.0872 e. The molecule has 3 heteroatoms. The van der Waals surface area contributed by atoms with Gasteiger partial charge >= 0.3 is 0 Å². The number of nitrogens with one attached hydrogen (secondary N) is 1. The Kier molecular flexibility index (Phi) is 3.53. The maximum atomic E-state index is 5.90. The van der Waals surface area contributed by atoms with E-state index in [4.69, 9.17) is 16.3 Å². The molecule has 0 spiro atoms. The van der Waals surface area contributed by atoms with Gasteiger partial charge in [0.1, 0.15) is 0 Å². The van der Waals surface area contributed by atoms with E-state index >= 15 is 0 Å². The molecule has 1 aromatic rings. The summed E-state index contributed by atoms with van der Waals surface area (Å²) in [6, 6.07) is 8.26. The van der Waals surface area contributed by atoms with Gasteiger partial charge in [-0.1, -0.05) is 23.7 Å². The summed E-state index contributed by atoms with van der Waals surface area (Å²) >= 11 is 5.90. The molecule has 1 atom stereocenters. The molecule has 1 aromatic carbocycles. The Balaban J connectivity index is 2.25. The molecule has 16 heavy (non-hydrogen) atoms. The van der Waals surface area contributed by atoms with Crippen LogP contribution in [0.3, 0.4) is 0 Å². The van der Waals surface area contributed by atoms with Gasteiger partial charge in [0, 0.05) is 12.1 Å². The van der Waals surface area contributed by atoms with Crippen molar-refractivity contribution in [3.05, 3.63) is 34.9 Å². The zero-order chi connectivity index (χ0) is 11.6. The lowest BCUT2D eigenvalue weighted by atomic mass is 9.72. The van der Waals surface area contributed by atoms with E-state index in [1.54, 1.807) is 7.11 Å². The SMILES string of the molecule is CNC(c1ccc(Cl)cc1)C1(OC)CCC1. The van der Waals surface area contributed by atoms with E-state index in [0.29, 0.717) is 0 Å². The molecule has 1 fully saturated rings. The highest BCUT2D eigenvalue weighted by molar-refractivity contribution is 6.30. The van der Waals surface area contributed by atoms with E-state index in [1.807, 2.05) is 19.2 Å². The van der Waals surface area contributed by atoms with Crippen LogP contribution in [0.4, 0.5) is 0 Å². The second kappa shape index (κ2) is 4.74. The number of halogens is 1. The first-order valence-corrected chi connectivity index (χ1v) is 6.07. The molecule has 0 bridgehead atoms. The van der Waals surface area contributed by atoms with Crippen LogP contribution in [0.1, 0.15) is 30.9 Å². The Bertz CT molecular complexity index is 340. The molecule has 2 rings (SSSR count). The Morgan fingerprint density at radius 1 is 1.31 bits per heavy atom. The van der Waals surface area contributed by atoms with Crippen molar-refractivity contribution in [3.8, 4) is 0 Å². The minimum Gasteiger partial charge on any atom is -0.376 e. The van der Waals surface area contributed by atoms with Gasteiger partial charge in [-0.05, 0) is 44.0 Å². The van der Waals surface area contributed by atoms with Gasteiger partial charge < -0.3 is 10.1 Å². The average Bonchev–Trinajstić information content (AvgIpc) is 2.25. The predicted molar refractivity (Wildman–Crippen MR) is 66.8 cm³/mol. The number of likely N-dealkylation sites (N-methyl/N-ethyl adjacent to an activating group) is 1. The van der Waals surface area contributed by atoms with Gasteiger partial charge in [0.05, 0.1) is 11.6 Å². The molecular formula is C13H18ClNO. The second-order valence-corrected chi connectivity index (χ2v) is 4.83. The molecule has 0 amide bonds. The normalized spacial score (nSPS) is 20.2. The summed E-state index contributed by atoms with van der Waals surface area (Å²) in [7, 11) is 3.79. The summed E-state index contributed by atoms with van der Waals surface area (Å²) in [6.45, 7) is 0. The van der Waals surface area contributed by atoms with E-state index in [9.17, 15) is 0 Å². The van der Waals surface area contributed by atoms with Crippen molar-refractivity contribution in [3.63, 3.8) is 0 Å². The largest absolute Gasteiger partial charge is 0.376 e. The van der Waals surface area contributed by atoms with Crippen LogP contribution in [0, 0.1) is 0 Å². The van der Waals surface area contributed by atoms with Crippen LogP contribution in [-0.2, 0) is 4.74 Å². The first-order chi connectivity index (χ1) is 7.72. The average molecular weight is 240 g/mol. The standard InChI is InChI=1S/C13H18ClNO/c1-15-12(13(16-2)8-3-9-13)10-4-6-11(14)7-5-10/h4-7,12,15H,3,8-9H2,1-2H3. The Hall–Kier alpha value is -0.570. The minimum atomic E-state index is -0.0252. The third kappa shape index (κ3) is 1.97. The van der Waals surface area contributed by atoms with Crippen LogP contribution in [0.15, 0.2) is 24.3 Å². The Morgan fingerprint density at radius 3 is 2.31 bits per heavy atom. The topological polar surface area (TPSA) is 21.3 Å². The van der Waals surface area contributed by atoms with Crippen LogP contribution in [0.25, 0.3) is 0 Å². The Morgan fingerprint density at radius 2 is 1.94 bits per heavy atom. The molecule has 0 radical (unpaired) electrons. The second-order valence-electron chi connectivity index (χ2n) is 4.40. The van der Waals surface area contributed by atoms with Crippen molar-refractivity contribution in [1.82, 2.24) is 5.32 Å². The summed E-state index contributed by atoms with van der Waals surface area (Å²) in [5.74, 6) is 0. The molecule has 1 N–H and O–H groups in total. The lowest BCUT2D eigenvalue weighted by Crippen LogP contribution is -2.49. The molecular weight excluding hydrogens is 222 g/mol. The van der Waals surface area contributed by atoms with E-state index < -0.39 is 0 Å². The highest BCUT2D eigenvalue weighted by atomic mass is 35.5. The smallest absolute Gasteiger partial charge is 0.0872 e. The Labute approximate surface area is 102 Å². The lowest BCUT2D eigenvalue weighted by molar-refractivity contribution is -0.0983. The number of ether oxygens (including phenoxy) is 1. The van der Waals surface area contributed by atoms with Crippen LogP contribution < -0.4 is 5.32 Å². The monoisotopic (exact) mass is 239 g/mol. The van der Waals surface area contributed by atoms with Crippen molar-refractivity contribution in [2.75, 3.05) is 14.2 Å². The molecule has 88 valence electrons. The third-order valence-corrected chi connectivity index (χ3v) is 3.88. The molecule has 0 saturated heterocycles. The number of hydrogen-bond acceptors (Lipinski definition) is 2. The van der Waals surface area contributed by atoms with E-state index in [0.717, 1.165) is 17.9 Å². The third-order valence-electron chi connectivity index (χ3n) is 3.62. The minimum absolute atomic E-state index is 0.0252. The maximum absolute atomic E-state index is 5.90. The molecule has 2 nitrogen and oxygen atoms in total. The summed E-state index contributed by atoms with van der Waals surface area (Å²) in [4.78, 5) is 0. The van der Waals surface area contributed by atoms with E-state index in [2.05, 4.69) is 17.4 Å². The van der Waals surface area contributed by atoms with Crippen molar-refractivity contribution >= 4 is 11.6 Å². The fourth-order valence-electron chi connectivity index (χ4n) is 2.52. The van der Waals surface area contributed by atoms with Crippen molar-refractivity contribution in [1.29, 1.82) is 0 Å². The first-order valence-electron chi connectivity index (χ1n) is 5.70. The highest BCUT2D eigenvalue weighted by Crippen LogP contribution is 2.44. The first kappa shape index (κ1) is 11.9. The van der Waals surface area contributed by atoms with Crippen LogP contribution >= 0.6 is 11.6 Å². The summed E-state index contributed by atoms with van der Waals surface area (Å²) in [5.41, 5.74) is 1.22. The van der Waals surface area contributed by atoms with Crippen molar-refractivity contribution in [2.45, 2.75) is 30.9 Å². The fraction of sp³-hybridized carbons (Fsp3) is 0.538. The number of methoxy groups -OCH3 is 1. The fourth-order valence-corrected chi connectivity index (χ4v) is 2.65. The van der Waals surface area contributed by atoms with Crippen LogP contribution in [-0.4, -0.2) is 19.8 Å². The van der Waals surface area contributed by atoms with Crippen molar-refractivity contribution in [2.24, 2.45) is 0 Å². The van der Waals surface area contributed by atoms with Gasteiger partial charge in [-0.25, -0.2) is 0 Å². The number of hydrogen-bond donors (Lipinski definition) is 1. The van der Waals surface area contributed by atoms with Gasteiger partial charge in [0.25, 0.3) is 0 Å². The van der Waals surface area contributed by atoms with Gasteiger partial charge in [-0.2, -0.15) is 0 Å². The van der Waals surface area contributed by atoms with Gasteiger partial charge in [-0.15, -0.1) is 0 Å². The van der Waals surface area contributed by atoms with Gasteiger partial charge in [0.2, 0.25) is 0 Å². The number of benzene rings is 1. The quantitative estimate of drug-likeness (QED) is 0.872. The zero-order valence-electron chi connectivity index (χ0n) is 9.79. The molecule has 1 aliphatic carbocycles.